The molecule has 1 aromatic rings. The van der Waals surface area contributed by atoms with Crippen LogP contribution in [0.5, 0.6) is 5.75 Å². The maximum absolute atomic E-state index is 10.8. The van der Waals surface area contributed by atoms with Crippen molar-refractivity contribution in [2.75, 3.05) is 0 Å². The van der Waals surface area contributed by atoms with Gasteiger partial charge in [-0.05, 0) is 37.1 Å². The van der Waals surface area contributed by atoms with Crippen LogP contribution in [-0.4, -0.2) is 17.2 Å². The van der Waals surface area contributed by atoms with Crippen molar-refractivity contribution in [2.24, 2.45) is 0 Å². The molecule has 0 saturated heterocycles. The molecule has 3 nitrogen and oxygen atoms in total. The monoisotopic (exact) mass is 192 g/mol. The molecule has 0 amide bonds. The maximum atomic E-state index is 10.8. The Morgan fingerprint density at radius 3 is 2.93 bits per heavy atom. The first kappa shape index (κ1) is 9.06. The van der Waals surface area contributed by atoms with E-state index in [0.29, 0.717) is 5.56 Å². The van der Waals surface area contributed by atoms with E-state index in [4.69, 9.17) is 9.84 Å². The van der Waals surface area contributed by atoms with Gasteiger partial charge in [0.1, 0.15) is 11.9 Å². The highest BCUT2D eigenvalue weighted by Gasteiger charge is 2.22. The Kier molecular flexibility index (Phi) is 1.95. The Balaban J connectivity index is 2.51. The Bertz CT molecular complexity index is 396. The van der Waals surface area contributed by atoms with Crippen molar-refractivity contribution >= 4 is 5.97 Å². The number of carboxylic acids is 1. The molecule has 0 saturated carbocycles. The second-order valence-corrected chi connectivity index (χ2v) is 3.72. The Morgan fingerprint density at radius 2 is 2.29 bits per heavy atom. The Morgan fingerprint density at radius 1 is 1.57 bits per heavy atom. The number of carbonyl (C=O) groups is 1. The summed E-state index contributed by atoms with van der Waals surface area (Å²) in [6, 6.07) is 3.35. The third-order valence-corrected chi connectivity index (χ3v) is 2.42. The average Bonchev–Trinajstić information content (AvgIpc) is 2.45. The van der Waals surface area contributed by atoms with Crippen LogP contribution in [0.25, 0.3) is 0 Å². The molecule has 74 valence electrons. The average molecular weight is 192 g/mol. The summed E-state index contributed by atoms with van der Waals surface area (Å²) >= 11 is 0. The summed E-state index contributed by atoms with van der Waals surface area (Å²) in [6.07, 6.45) is 0.963. The number of carboxylic acid groups (broad SMARTS) is 1. The van der Waals surface area contributed by atoms with Gasteiger partial charge in [0.25, 0.3) is 0 Å². The minimum atomic E-state index is -0.879. The predicted molar refractivity (Wildman–Crippen MR) is 51.9 cm³/mol. The first-order valence-corrected chi connectivity index (χ1v) is 4.61. The van der Waals surface area contributed by atoms with Gasteiger partial charge in [-0.1, -0.05) is 0 Å². The van der Waals surface area contributed by atoms with Crippen LogP contribution in [-0.2, 0) is 6.42 Å². The summed E-state index contributed by atoms with van der Waals surface area (Å²) in [5.74, 6) is -0.0158. The summed E-state index contributed by atoms with van der Waals surface area (Å²) < 4.78 is 5.58. The van der Waals surface area contributed by atoms with Crippen LogP contribution >= 0.6 is 0 Å². The van der Waals surface area contributed by atoms with Crippen molar-refractivity contribution in [1.82, 2.24) is 0 Å². The number of aryl methyl sites for hydroxylation is 1. The third kappa shape index (κ3) is 1.35. The highest BCUT2D eigenvalue weighted by atomic mass is 16.5. The summed E-state index contributed by atoms with van der Waals surface area (Å²) in [4.78, 5) is 10.8. The molecule has 0 bridgehead atoms. The van der Waals surface area contributed by atoms with Crippen LogP contribution in [0, 0.1) is 6.92 Å². The Hall–Kier alpha value is -1.51. The quantitative estimate of drug-likeness (QED) is 0.740. The lowest BCUT2D eigenvalue weighted by Crippen LogP contribution is -2.05. The molecular formula is C11H12O3. The largest absolute Gasteiger partial charge is 0.490 e. The highest BCUT2D eigenvalue weighted by molar-refractivity contribution is 5.88. The SMILES string of the molecule is Cc1cc(C(=O)O)cc2c1OC(C)C2. The zero-order chi connectivity index (χ0) is 10.3. The van der Waals surface area contributed by atoms with Crippen LogP contribution in [0.15, 0.2) is 12.1 Å². The fraction of sp³-hybridized carbons (Fsp3) is 0.364. The lowest BCUT2D eigenvalue weighted by Gasteiger charge is -2.06. The van der Waals surface area contributed by atoms with Crippen molar-refractivity contribution < 1.29 is 14.6 Å². The van der Waals surface area contributed by atoms with E-state index in [0.717, 1.165) is 23.3 Å². The molecule has 14 heavy (non-hydrogen) atoms. The van der Waals surface area contributed by atoms with E-state index in [9.17, 15) is 4.79 Å². The number of benzene rings is 1. The molecule has 0 aromatic heterocycles. The maximum Gasteiger partial charge on any atom is 0.335 e. The van der Waals surface area contributed by atoms with Gasteiger partial charge >= 0.3 is 5.97 Å². The molecule has 1 N–H and O–H groups in total. The van der Waals surface area contributed by atoms with Crippen molar-refractivity contribution in [2.45, 2.75) is 26.4 Å². The van der Waals surface area contributed by atoms with Gasteiger partial charge in [-0.3, -0.25) is 0 Å². The molecule has 1 aromatic carbocycles. The van der Waals surface area contributed by atoms with E-state index < -0.39 is 5.97 Å². The molecule has 0 radical (unpaired) electrons. The van der Waals surface area contributed by atoms with Crippen LogP contribution in [0.3, 0.4) is 0 Å². The molecule has 0 spiro atoms. The standard InChI is InChI=1S/C11H12O3/c1-6-3-9(11(12)13)5-8-4-7(2)14-10(6)8/h3,5,7H,4H2,1-2H3,(H,12,13). The second-order valence-electron chi connectivity index (χ2n) is 3.72. The number of ether oxygens (including phenoxy) is 1. The zero-order valence-corrected chi connectivity index (χ0v) is 8.20. The van der Waals surface area contributed by atoms with Gasteiger partial charge in [-0.25, -0.2) is 4.79 Å². The van der Waals surface area contributed by atoms with Gasteiger partial charge < -0.3 is 9.84 Å². The summed E-state index contributed by atoms with van der Waals surface area (Å²) in [6.45, 7) is 3.86. The first-order chi connectivity index (χ1) is 6.58. The normalized spacial score (nSPS) is 18.9. The molecule has 1 aliphatic heterocycles. The van der Waals surface area contributed by atoms with E-state index in [1.54, 1.807) is 12.1 Å². The minimum absolute atomic E-state index is 0.160. The van der Waals surface area contributed by atoms with Crippen LogP contribution in [0.1, 0.15) is 28.4 Å². The van der Waals surface area contributed by atoms with Crippen LogP contribution < -0.4 is 4.74 Å². The molecule has 1 unspecified atom stereocenters. The second kappa shape index (κ2) is 3.01. The molecule has 3 heteroatoms. The van der Waals surface area contributed by atoms with E-state index in [1.807, 2.05) is 13.8 Å². The molecule has 0 fully saturated rings. The van der Waals surface area contributed by atoms with E-state index in [1.165, 1.54) is 0 Å². The Labute approximate surface area is 82.3 Å². The van der Waals surface area contributed by atoms with Gasteiger partial charge in [0.05, 0.1) is 5.56 Å². The molecule has 0 aliphatic carbocycles. The number of fused-ring (bicyclic) bond motifs is 1. The van der Waals surface area contributed by atoms with E-state index in [-0.39, 0.29) is 6.10 Å². The molecular weight excluding hydrogens is 180 g/mol. The van der Waals surface area contributed by atoms with Gasteiger partial charge in [0, 0.05) is 6.42 Å². The minimum Gasteiger partial charge on any atom is -0.490 e. The first-order valence-electron chi connectivity index (χ1n) is 4.61. The van der Waals surface area contributed by atoms with Crippen LogP contribution in [0.4, 0.5) is 0 Å². The fourth-order valence-electron chi connectivity index (χ4n) is 1.84. The highest BCUT2D eigenvalue weighted by Crippen LogP contribution is 2.33. The topological polar surface area (TPSA) is 46.5 Å². The van der Waals surface area contributed by atoms with Gasteiger partial charge in [-0.2, -0.15) is 0 Å². The van der Waals surface area contributed by atoms with Gasteiger partial charge in [-0.15, -0.1) is 0 Å². The molecule has 2 rings (SSSR count). The number of hydrogen-bond acceptors (Lipinski definition) is 2. The van der Waals surface area contributed by atoms with Crippen molar-refractivity contribution in [3.63, 3.8) is 0 Å². The van der Waals surface area contributed by atoms with Crippen LogP contribution in [0.2, 0.25) is 0 Å². The molecule has 1 heterocycles. The lowest BCUT2D eigenvalue weighted by atomic mass is 10.0. The number of hydrogen-bond donors (Lipinski definition) is 1. The lowest BCUT2D eigenvalue weighted by molar-refractivity contribution is 0.0696. The zero-order valence-electron chi connectivity index (χ0n) is 8.20. The van der Waals surface area contributed by atoms with Crippen molar-refractivity contribution in [3.05, 3.63) is 28.8 Å². The van der Waals surface area contributed by atoms with Crippen molar-refractivity contribution in [1.29, 1.82) is 0 Å². The molecule has 1 aliphatic rings. The van der Waals surface area contributed by atoms with E-state index >= 15 is 0 Å². The van der Waals surface area contributed by atoms with Gasteiger partial charge in [0.15, 0.2) is 0 Å². The fourth-order valence-corrected chi connectivity index (χ4v) is 1.84. The summed E-state index contributed by atoms with van der Waals surface area (Å²) in [5, 5.41) is 8.87. The summed E-state index contributed by atoms with van der Waals surface area (Å²) in [5.41, 5.74) is 2.26. The van der Waals surface area contributed by atoms with Crippen molar-refractivity contribution in [3.8, 4) is 5.75 Å². The smallest absolute Gasteiger partial charge is 0.335 e. The van der Waals surface area contributed by atoms with E-state index in [2.05, 4.69) is 0 Å². The van der Waals surface area contributed by atoms with Gasteiger partial charge in [0.2, 0.25) is 0 Å². The predicted octanol–water partition coefficient (Wildman–Crippen LogP) is 2.02. The molecule has 1 atom stereocenters. The summed E-state index contributed by atoms with van der Waals surface area (Å²) in [7, 11) is 0. The number of aromatic carboxylic acids is 1. The third-order valence-electron chi connectivity index (χ3n) is 2.42. The number of rotatable bonds is 1.